The zero-order valence-corrected chi connectivity index (χ0v) is 20.8. The lowest BCUT2D eigenvalue weighted by atomic mass is 9.52. The van der Waals surface area contributed by atoms with Crippen molar-refractivity contribution in [2.45, 2.75) is 56.4 Å². The van der Waals surface area contributed by atoms with Gasteiger partial charge in [-0.2, -0.15) is 0 Å². The van der Waals surface area contributed by atoms with E-state index in [1.54, 1.807) is 17.4 Å². The Bertz CT molecular complexity index is 1210. The molecular formula is C30H33NO6. The molecule has 0 amide bonds. The van der Waals surface area contributed by atoms with Gasteiger partial charge in [0.2, 0.25) is 0 Å². The summed E-state index contributed by atoms with van der Waals surface area (Å²) in [6.07, 6.45) is 10.7. The molecule has 2 heterocycles. The van der Waals surface area contributed by atoms with Gasteiger partial charge in [0.15, 0.2) is 0 Å². The van der Waals surface area contributed by atoms with Crippen molar-refractivity contribution in [3.05, 3.63) is 83.8 Å². The number of likely N-dealkylation sites (tertiary alicyclic amines) is 1. The highest BCUT2D eigenvalue weighted by molar-refractivity contribution is 6.27. The van der Waals surface area contributed by atoms with Gasteiger partial charge >= 0.3 is 11.9 Å². The Kier molecular flexibility index (Phi) is 7.33. The molecule has 3 atom stereocenters. The Morgan fingerprint density at radius 1 is 0.973 bits per heavy atom. The number of hydrogen-bond donors (Lipinski definition) is 2. The fourth-order valence-corrected chi connectivity index (χ4v) is 6.74. The molecule has 7 heteroatoms. The predicted octanol–water partition coefficient (Wildman–Crippen LogP) is 5.53. The first-order valence-corrected chi connectivity index (χ1v) is 13.1. The number of hydrogen-bond acceptors (Lipinski definition) is 5. The molecule has 1 saturated heterocycles. The lowest BCUT2D eigenvalue weighted by Crippen LogP contribution is -2.61. The Morgan fingerprint density at radius 2 is 1.78 bits per heavy atom. The highest BCUT2D eigenvalue weighted by Crippen LogP contribution is 2.56. The Hall–Kier alpha value is -3.58. The molecule has 0 unspecified atom stereocenters. The molecule has 6 rings (SSSR count). The van der Waals surface area contributed by atoms with Crippen molar-refractivity contribution in [2.24, 2.45) is 5.92 Å². The van der Waals surface area contributed by atoms with Crippen LogP contribution in [-0.2, 0) is 27.8 Å². The normalized spacial score (nSPS) is 24.1. The van der Waals surface area contributed by atoms with Crippen LogP contribution in [0.3, 0.4) is 0 Å². The molecule has 2 fully saturated rings. The average Bonchev–Trinajstić information content (AvgIpc) is 3.43. The number of aliphatic carboxylic acids is 2. The number of nitrogens with zero attached hydrogens (tertiary/aromatic N) is 1. The second-order valence-corrected chi connectivity index (χ2v) is 10.2. The fraction of sp³-hybridized carbons (Fsp3) is 0.400. The molecule has 1 saturated carbocycles. The maximum Gasteiger partial charge on any atom is 0.414 e. The minimum Gasteiger partial charge on any atom is -0.473 e. The maximum atomic E-state index is 9.10. The van der Waals surface area contributed by atoms with E-state index in [0.29, 0.717) is 11.5 Å². The van der Waals surface area contributed by atoms with Crippen LogP contribution in [0.15, 0.2) is 71.3 Å². The van der Waals surface area contributed by atoms with Crippen molar-refractivity contribution >= 4 is 11.9 Å². The van der Waals surface area contributed by atoms with Crippen LogP contribution < -0.4 is 4.74 Å². The van der Waals surface area contributed by atoms with E-state index >= 15 is 0 Å². The van der Waals surface area contributed by atoms with Crippen LogP contribution in [0.1, 0.15) is 49.0 Å². The van der Waals surface area contributed by atoms with Gasteiger partial charge in [-0.25, -0.2) is 9.59 Å². The zero-order chi connectivity index (χ0) is 25.8. The van der Waals surface area contributed by atoms with Crippen molar-refractivity contribution < 1.29 is 29.0 Å². The summed E-state index contributed by atoms with van der Waals surface area (Å²) in [6.45, 7) is 2.31. The van der Waals surface area contributed by atoms with E-state index in [0.717, 1.165) is 36.1 Å². The van der Waals surface area contributed by atoms with Gasteiger partial charge in [-0.3, -0.25) is 4.90 Å². The topological polar surface area (TPSA) is 100 Å². The number of carboxylic acids is 2. The number of benzene rings is 2. The van der Waals surface area contributed by atoms with E-state index in [-0.39, 0.29) is 0 Å². The van der Waals surface area contributed by atoms with Crippen molar-refractivity contribution in [1.29, 1.82) is 0 Å². The smallest absolute Gasteiger partial charge is 0.414 e. The standard InChI is InChI=1S/C28H31NO2.C2H2O4/c1-2-7-23(8-3-1)31-24-12-11-21-19-27-25-10-4-5-14-28(25,26(21)20-24)15-17-29(27)16-13-22-9-6-18-30-22;3-1(4)2(5)6/h1-3,6-9,11-12,18,20,25,27H,4-5,10,13-17,19H2;(H,3,4)(H,5,6)/t25-,27+,28+;/m0./s1. The van der Waals surface area contributed by atoms with Gasteiger partial charge in [0.1, 0.15) is 17.3 Å². The lowest BCUT2D eigenvalue weighted by molar-refractivity contribution is -0.159. The molecule has 37 heavy (non-hydrogen) atoms. The summed E-state index contributed by atoms with van der Waals surface area (Å²) in [5, 5.41) is 14.8. The zero-order valence-electron chi connectivity index (χ0n) is 20.8. The minimum absolute atomic E-state index is 0.341. The maximum absolute atomic E-state index is 9.10. The predicted molar refractivity (Wildman–Crippen MR) is 138 cm³/mol. The molecule has 0 spiro atoms. The Balaban J connectivity index is 0.000000421. The fourth-order valence-electron chi connectivity index (χ4n) is 6.74. The number of ether oxygens (including phenoxy) is 1. The monoisotopic (exact) mass is 503 g/mol. The van der Waals surface area contributed by atoms with Crippen LogP contribution in [-0.4, -0.2) is 46.2 Å². The summed E-state index contributed by atoms with van der Waals surface area (Å²) in [5.74, 6) is 0.138. The van der Waals surface area contributed by atoms with Gasteiger partial charge in [-0.1, -0.05) is 37.1 Å². The van der Waals surface area contributed by atoms with E-state index < -0.39 is 11.9 Å². The summed E-state index contributed by atoms with van der Waals surface area (Å²) < 4.78 is 11.9. The highest BCUT2D eigenvalue weighted by atomic mass is 16.5. The second kappa shape index (κ2) is 10.8. The van der Waals surface area contributed by atoms with Gasteiger partial charge < -0.3 is 19.4 Å². The quantitative estimate of drug-likeness (QED) is 0.442. The van der Waals surface area contributed by atoms with E-state index in [2.05, 4.69) is 29.2 Å². The molecule has 2 N–H and O–H groups in total. The number of para-hydroxylation sites is 1. The third-order valence-corrected chi connectivity index (χ3v) is 8.31. The molecule has 0 radical (unpaired) electrons. The Labute approximate surface area is 216 Å². The number of carbonyl (C=O) groups is 2. The van der Waals surface area contributed by atoms with Gasteiger partial charge in [0, 0.05) is 24.4 Å². The van der Waals surface area contributed by atoms with Crippen molar-refractivity contribution in [3.63, 3.8) is 0 Å². The number of piperidine rings is 1. The van der Waals surface area contributed by atoms with Gasteiger partial charge in [0.25, 0.3) is 0 Å². The number of carboxylic acid groups (broad SMARTS) is 2. The van der Waals surface area contributed by atoms with Crippen LogP contribution in [0.4, 0.5) is 0 Å². The summed E-state index contributed by atoms with van der Waals surface area (Å²) in [4.78, 5) is 21.0. The Morgan fingerprint density at radius 3 is 2.51 bits per heavy atom. The molecule has 3 aliphatic rings. The third kappa shape index (κ3) is 5.27. The summed E-state index contributed by atoms with van der Waals surface area (Å²) in [6, 6.07) is 21.9. The average molecular weight is 504 g/mol. The highest BCUT2D eigenvalue weighted by Gasteiger charge is 2.53. The number of furan rings is 1. The molecule has 2 bridgehead atoms. The molecule has 1 aliphatic heterocycles. The van der Waals surface area contributed by atoms with Gasteiger partial charge in [0.05, 0.1) is 6.26 Å². The SMILES string of the molecule is O=C(O)C(=O)O.c1ccc(Oc2ccc3c(c2)[C@@]24CCCC[C@H]2[C@@H](C3)N(CCc2ccco2)CC4)cc1. The molecular weight excluding hydrogens is 470 g/mol. The summed E-state index contributed by atoms with van der Waals surface area (Å²) in [5.41, 5.74) is 3.48. The number of rotatable bonds is 5. The first-order valence-electron chi connectivity index (χ1n) is 13.1. The number of fused-ring (bicyclic) bond motifs is 1. The van der Waals surface area contributed by atoms with E-state index in [9.17, 15) is 0 Å². The van der Waals surface area contributed by atoms with Gasteiger partial charge in [-0.05, 0) is 85.7 Å². The van der Waals surface area contributed by atoms with E-state index in [1.807, 2.05) is 36.4 Å². The molecule has 7 nitrogen and oxygen atoms in total. The summed E-state index contributed by atoms with van der Waals surface area (Å²) >= 11 is 0. The van der Waals surface area contributed by atoms with Crippen LogP contribution in [0, 0.1) is 5.92 Å². The van der Waals surface area contributed by atoms with Crippen molar-refractivity contribution in [2.75, 3.05) is 13.1 Å². The lowest BCUT2D eigenvalue weighted by Gasteiger charge is -2.59. The first kappa shape index (κ1) is 25.1. The van der Waals surface area contributed by atoms with Crippen LogP contribution in [0.5, 0.6) is 11.5 Å². The molecule has 2 aromatic carbocycles. The van der Waals surface area contributed by atoms with Crippen LogP contribution in [0.2, 0.25) is 0 Å². The summed E-state index contributed by atoms with van der Waals surface area (Å²) in [7, 11) is 0. The third-order valence-electron chi connectivity index (χ3n) is 8.31. The van der Waals surface area contributed by atoms with Crippen molar-refractivity contribution in [1.82, 2.24) is 4.90 Å². The van der Waals surface area contributed by atoms with E-state index in [4.69, 9.17) is 29.0 Å². The largest absolute Gasteiger partial charge is 0.473 e. The van der Waals surface area contributed by atoms with Crippen LogP contribution >= 0.6 is 0 Å². The molecule has 194 valence electrons. The van der Waals surface area contributed by atoms with Crippen molar-refractivity contribution in [3.8, 4) is 11.5 Å². The van der Waals surface area contributed by atoms with Gasteiger partial charge in [-0.15, -0.1) is 0 Å². The molecule has 3 aromatic rings. The molecule has 2 aliphatic carbocycles. The first-order chi connectivity index (χ1) is 18.0. The molecule has 1 aromatic heterocycles. The van der Waals surface area contributed by atoms with E-state index in [1.165, 1.54) is 45.1 Å². The van der Waals surface area contributed by atoms with Crippen LogP contribution in [0.25, 0.3) is 0 Å². The second-order valence-electron chi connectivity index (χ2n) is 10.2. The minimum atomic E-state index is -1.82.